The number of hydrogen-bond donors (Lipinski definition) is 1. The van der Waals surface area contributed by atoms with Crippen molar-refractivity contribution in [1.29, 1.82) is 0 Å². The van der Waals surface area contributed by atoms with E-state index in [2.05, 4.69) is 6.58 Å². The van der Waals surface area contributed by atoms with Crippen LogP contribution < -0.4 is 0 Å². The van der Waals surface area contributed by atoms with Crippen molar-refractivity contribution in [3.05, 3.63) is 12.2 Å². The Morgan fingerprint density at radius 1 is 1.62 bits per heavy atom. The van der Waals surface area contributed by atoms with Gasteiger partial charge in [0.05, 0.1) is 6.10 Å². The van der Waals surface area contributed by atoms with E-state index in [1.807, 2.05) is 6.92 Å². The van der Waals surface area contributed by atoms with Gasteiger partial charge in [0.25, 0.3) is 0 Å². The van der Waals surface area contributed by atoms with E-state index in [4.69, 9.17) is 0 Å². The zero-order chi connectivity index (χ0) is 9.47. The minimum atomic E-state index is -0.102. The van der Waals surface area contributed by atoms with Gasteiger partial charge in [0.2, 0.25) is 0 Å². The molecule has 13 heavy (non-hydrogen) atoms. The number of fused-ring (bicyclic) bond motifs is 1. The Morgan fingerprint density at radius 2 is 2.38 bits per heavy atom. The summed E-state index contributed by atoms with van der Waals surface area (Å²) in [6.07, 6.45) is 7.31. The average molecular weight is 180 g/mol. The van der Waals surface area contributed by atoms with E-state index in [0.717, 1.165) is 17.9 Å². The van der Waals surface area contributed by atoms with Crippen LogP contribution >= 0.6 is 0 Å². The average Bonchev–Trinajstić information content (AvgIpc) is 2.77. The van der Waals surface area contributed by atoms with Crippen molar-refractivity contribution in [3.8, 4) is 0 Å². The van der Waals surface area contributed by atoms with Gasteiger partial charge < -0.3 is 5.11 Å². The molecule has 0 aromatic carbocycles. The van der Waals surface area contributed by atoms with E-state index in [1.165, 1.54) is 32.1 Å². The second kappa shape index (κ2) is 3.13. The van der Waals surface area contributed by atoms with Crippen LogP contribution in [0.3, 0.4) is 0 Å². The second-order valence-corrected chi connectivity index (χ2v) is 5.06. The molecule has 2 rings (SSSR count). The van der Waals surface area contributed by atoms with E-state index < -0.39 is 0 Å². The Labute approximate surface area is 80.8 Å². The highest BCUT2D eigenvalue weighted by molar-refractivity contribution is 5.10. The molecule has 2 aliphatic carbocycles. The number of rotatable bonds is 3. The lowest BCUT2D eigenvalue weighted by molar-refractivity contribution is 0.0661. The predicted octanol–water partition coefficient (Wildman–Crippen LogP) is 2.89. The zero-order valence-corrected chi connectivity index (χ0v) is 8.55. The molecular weight excluding hydrogens is 160 g/mol. The van der Waals surface area contributed by atoms with Crippen LogP contribution in [0.25, 0.3) is 0 Å². The van der Waals surface area contributed by atoms with Crippen LogP contribution in [0, 0.1) is 11.3 Å². The van der Waals surface area contributed by atoms with E-state index in [0.29, 0.717) is 5.41 Å². The van der Waals surface area contributed by atoms with Gasteiger partial charge in [-0.25, -0.2) is 0 Å². The summed E-state index contributed by atoms with van der Waals surface area (Å²) < 4.78 is 0. The smallest absolute Gasteiger partial charge is 0.0636 e. The molecule has 2 saturated carbocycles. The fourth-order valence-corrected chi connectivity index (χ4v) is 3.05. The van der Waals surface area contributed by atoms with Crippen molar-refractivity contribution in [2.45, 2.75) is 51.6 Å². The second-order valence-electron chi connectivity index (χ2n) is 5.06. The van der Waals surface area contributed by atoms with Crippen LogP contribution in [0.4, 0.5) is 0 Å². The third-order valence-corrected chi connectivity index (χ3v) is 3.93. The standard InChI is InChI=1S/C12H20O/c1-9(2)7-11(13)12-6-4-3-5-10(12)8-12/h10-11,13H,1,3-8H2,2H3. The molecule has 2 fully saturated rings. The van der Waals surface area contributed by atoms with Crippen molar-refractivity contribution in [3.63, 3.8) is 0 Å². The van der Waals surface area contributed by atoms with Gasteiger partial charge in [-0.05, 0) is 43.9 Å². The first-order chi connectivity index (χ1) is 6.15. The summed E-state index contributed by atoms with van der Waals surface area (Å²) >= 11 is 0. The molecule has 74 valence electrons. The highest BCUT2D eigenvalue weighted by atomic mass is 16.3. The van der Waals surface area contributed by atoms with Crippen molar-refractivity contribution in [1.82, 2.24) is 0 Å². The molecule has 1 nitrogen and oxygen atoms in total. The Morgan fingerprint density at radius 3 is 3.00 bits per heavy atom. The molecule has 0 heterocycles. The van der Waals surface area contributed by atoms with Gasteiger partial charge in [0, 0.05) is 0 Å². The monoisotopic (exact) mass is 180 g/mol. The molecule has 0 radical (unpaired) electrons. The molecule has 0 spiro atoms. The van der Waals surface area contributed by atoms with E-state index >= 15 is 0 Å². The Hall–Kier alpha value is -0.300. The zero-order valence-electron chi connectivity index (χ0n) is 8.55. The number of aliphatic hydroxyl groups is 1. The first-order valence-electron chi connectivity index (χ1n) is 5.47. The molecule has 0 amide bonds. The maximum absolute atomic E-state index is 10.1. The quantitative estimate of drug-likeness (QED) is 0.662. The van der Waals surface area contributed by atoms with E-state index in [1.54, 1.807) is 0 Å². The van der Waals surface area contributed by atoms with Crippen molar-refractivity contribution >= 4 is 0 Å². The Bertz CT molecular complexity index is 221. The van der Waals surface area contributed by atoms with Crippen LogP contribution in [-0.2, 0) is 0 Å². The molecule has 1 heteroatoms. The SMILES string of the molecule is C=C(C)CC(O)C12CCCCC1C2. The molecule has 2 aliphatic rings. The third kappa shape index (κ3) is 1.54. The van der Waals surface area contributed by atoms with Gasteiger partial charge >= 0.3 is 0 Å². The molecular formula is C12H20O. The Balaban J connectivity index is 1.96. The molecule has 0 aromatic rings. The van der Waals surface area contributed by atoms with Gasteiger partial charge in [0.1, 0.15) is 0 Å². The van der Waals surface area contributed by atoms with E-state index in [9.17, 15) is 5.11 Å². The maximum atomic E-state index is 10.1. The van der Waals surface area contributed by atoms with Gasteiger partial charge in [-0.3, -0.25) is 0 Å². The van der Waals surface area contributed by atoms with Crippen molar-refractivity contribution < 1.29 is 5.11 Å². The van der Waals surface area contributed by atoms with Gasteiger partial charge in [-0.1, -0.05) is 18.4 Å². The van der Waals surface area contributed by atoms with Crippen molar-refractivity contribution in [2.24, 2.45) is 11.3 Å². The normalized spacial score (nSPS) is 39.4. The highest BCUT2D eigenvalue weighted by Crippen LogP contribution is 2.64. The molecule has 0 aliphatic heterocycles. The molecule has 3 unspecified atom stereocenters. The Kier molecular flexibility index (Phi) is 2.23. The first kappa shape index (κ1) is 9.26. The summed E-state index contributed by atoms with van der Waals surface area (Å²) in [5.74, 6) is 0.843. The lowest BCUT2D eigenvalue weighted by atomic mass is 9.82. The van der Waals surface area contributed by atoms with Gasteiger partial charge in [0.15, 0.2) is 0 Å². The lowest BCUT2D eigenvalue weighted by Gasteiger charge is -2.27. The summed E-state index contributed by atoms with van der Waals surface area (Å²) in [7, 11) is 0. The van der Waals surface area contributed by atoms with E-state index in [-0.39, 0.29) is 6.10 Å². The minimum Gasteiger partial charge on any atom is -0.392 e. The topological polar surface area (TPSA) is 20.2 Å². The highest BCUT2D eigenvalue weighted by Gasteiger charge is 2.58. The third-order valence-electron chi connectivity index (χ3n) is 3.93. The van der Waals surface area contributed by atoms with Crippen molar-refractivity contribution in [2.75, 3.05) is 0 Å². The largest absolute Gasteiger partial charge is 0.392 e. The van der Waals surface area contributed by atoms with Crippen LogP contribution in [0.15, 0.2) is 12.2 Å². The summed E-state index contributed by atoms with van der Waals surface area (Å²) in [5.41, 5.74) is 1.45. The lowest BCUT2D eigenvalue weighted by Crippen LogP contribution is -2.26. The first-order valence-corrected chi connectivity index (χ1v) is 5.47. The number of hydrogen-bond acceptors (Lipinski definition) is 1. The van der Waals surface area contributed by atoms with Gasteiger partial charge in [-0.2, -0.15) is 0 Å². The summed E-state index contributed by atoms with van der Waals surface area (Å²) in [6, 6.07) is 0. The molecule has 1 N–H and O–H groups in total. The predicted molar refractivity (Wildman–Crippen MR) is 54.4 cm³/mol. The molecule has 0 aromatic heterocycles. The fourth-order valence-electron chi connectivity index (χ4n) is 3.05. The molecule has 0 bridgehead atoms. The fraction of sp³-hybridized carbons (Fsp3) is 0.833. The summed E-state index contributed by atoms with van der Waals surface area (Å²) in [4.78, 5) is 0. The van der Waals surface area contributed by atoms with Crippen LogP contribution in [0.2, 0.25) is 0 Å². The maximum Gasteiger partial charge on any atom is 0.0636 e. The molecule has 0 saturated heterocycles. The van der Waals surface area contributed by atoms with Crippen LogP contribution in [-0.4, -0.2) is 11.2 Å². The summed E-state index contributed by atoms with van der Waals surface area (Å²) in [6.45, 7) is 5.89. The van der Waals surface area contributed by atoms with Gasteiger partial charge in [-0.15, -0.1) is 6.58 Å². The summed E-state index contributed by atoms with van der Waals surface area (Å²) in [5, 5.41) is 10.1. The molecule has 3 atom stereocenters. The minimum absolute atomic E-state index is 0.102. The number of aliphatic hydroxyl groups excluding tert-OH is 1. The van der Waals surface area contributed by atoms with Crippen LogP contribution in [0.5, 0.6) is 0 Å². The van der Waals surface area contributed by atoms with Crippen LogP contribution in [0.1, 0.15) is 45.4 Å².